The molecular formula is C16H20F4N2O2. The second-order valence-corrected chi connectivity index (χ2v) is 6.04. The highest BCUT2D eigenvalue weighted by molar-refractivity contribution is 5.92. The normalized spacial score (nSPS) is 18.4. The number of benzene rings is 1. The van der Waals surface area contributed by atoms with Crippen LogP contribution >= 0.6 is 0 Å². The number of likely N-dealkylation sites (tertiary alicyclic amines) is 1. The Morgan fingerprint density at radius 1 is 1.25 bits per heavy atom. The predicted molar refractivity (Wildman–Crippen MR) is 80.9 cm³/mol. The average Bonchev–Trinajstić information content (AvgIpc) is 2.48. The zero-order valence-electron chi connectivity index (χ0n) is 13.0. The first-order chi connectivity index (χ1) is 11.2. The van der Waals surface area contributed by atoms with Gasteiger partial charge in [-0.25, -0.2) is 4.39 Å². The maximum Gasteiger partial charge on any atom is 0.391 e. The molecule has 8 heteroatoms. The van der Waals surface area contributed by atoms with Crippen LogP contribution in [0.15, 0.2) is 24.3 Å². The molecule has 0 aromatic heterocycles. The lowest BCUT2D eigenvalue weighted by molar-refractivity contribution is -0.155. The lowest BCUT2D eigenvalue weighted by Crippen LogP contribution is -2.42. The fourth-order valence-corrected chi connectivity index (χ4v) is 2.79. The number of amides is 1. The highest BCUT2D eigenvalue weighted by Gasteiger charge is 2.33. The molecule has 0 aliphatic carbocycles. The summed E-state index contributed by atoms with van der Waals surface area (Å²) in [7, 11) is 0. The van der Waals surface area contributed by atoms with Crippen LogP contribution in [-0.4, -0.2) is 47.8 Å². The van der Waals surface area contributed by atoms with Gasteiger partial charge in [-0.1, -0.05) is 0 Å². The quantitative estimate of drug-likeness (QED) is 0.805. The van der Waals surface area contributed by atoms with Gasteiger partial charge in [0.15, 0.2) is 0 Å². The number of nitrogens with zero attached hydrogens (tertiary/aromatic N) is 1. The number of halogens is 4. The molecule has 0 unspecified atom stereocenters. The van der Waals surface area contributed by atoms with Gasteiger partial charge in [0.1, 0.15) is 5.82 Å². The van der Waals surface area contributed by atoms with Gasteiger partial charge in [0, 0.05) is 18.2 Å². The number of anilines is 1. The molecule has 134 valence electrons. The first-order valence-corrected chi connectivity index (χ1v) is 7.76. The third-order valence-corrected chi connectivity index (χ3v) is 4.01. The van der Waals surface area contributed by atoms with E-state index in [1.165, 1.54) is 24.3 Å². The molecule has 1 aliphatic rings. The molecule has 0 radical (unpaired) electrons. The minimum absolute atomic E-state index is 0.0498. The fourth-order valence-electron chi connectivity index (χ4n) is 2.79. The maximum atomic E-state index is 12.8. The van der Waals surface area contributed by atoms with Gasteiger partial charge in [-0.3, -0.25) is 4.79 Å². The number of piperidine rings is 1. The van der Waals surface area contributed by atoms with Crippen molar-refractivity contribution >= 4 is 11.6 Å². The standard InChI is InChI=1S/C16H20F4N2O2/c17-12-1-3-13(4-2-12)21-15(24)11-5-7-22(8-6-11)10-14(23)9-16(18,19)20/h1-4,11,14,23H,5-10H2,(H,21,24)/t14-/m1/s1. The Balaban J connectivity index is 1.75. The smallest absolute Gasteiger partial charge is 0.391 e. The Hall–Kier alpha value is -1.67. The highest BCUT2D eigenvalue weighted by Crippen LogP contribution is 2.24. The van der Waals surface area contributed by atoms with Crippen molar-refractivity contribution in [1.29, 1.82) is 0 Å². The average molecular weight is 348 g/mol. The summed E-state index contributed by atoms with van der Waals surface area (Å²) in [4.78, 5) is 13.9. The minimum Gasteiger partial charge on any atom is -0.391 e. The van der Waals surface area contributed by atoms with Crippen molar-refractivity contribution in [3.63, 3.8) is 0 Å². The van der Waals surface area contributed by atoms with Crippen LogP contribution in [0, 0.1) is 11.7 Å². The van der Waals surface area contributed by atoms with Gasteiger partial charge in [-0.15, -0.1) is 0 Å². The van der Waals surface area contributed by atoms with E-state index in [1.807, 2.05) is 0 Å². The second-order valence-electron chi connectivity index (χ2n) is 6.04. The largest absolute Gasteiger partial charge is 0.391 e. The molecule has 1 atom stereocenters. The lowest BCUT2D eigenvalue weighted by Gasteiger charge is -2.32. The van der Waals surface area contributed by atoms with Crippen LogP contribution in [0.2, 0.25) is 0 Å². The summed E-state index contributed by atoms with van der Waals surface area (Å²) >= 11 is 0. The molecule has 0 saturated carbocycles. The number of hydrogen-bond acceptors (Lipinski definition) is 3. The number of alkyl halides is 3. The van der Waals surface area contributed by atoms with Gasteiger partial charge in [-0.05, 0) is 50.2 Å². The number of carbonyl (C=O) groups is 1. The monoisotopic (exact) mass is 348 g/mol. The van der Waals surface area contributed by atoms with Gasteiger partial charge in [0.2, 0.25) is 5.91 Å². The SMILES string of the molecule is O=C(Nc1ccc(F)cc1)C1CCN(C[C@H](O)CC(F)(F)F)CC1. The summed E-state index contributed by atoms with van der Waals surface area (Å²) in [6, 6.07) is 5.44. The van der Waals surface area contributed by atoms with E-state index in [9.17, 15) is 27.5 Å². The number of nitrogens with one attached hydrogen (secondary N) is 1. The number of hydrogen-bond donors (Lipinski definition) is 2. The van der Waals surface area contributed by atoms with Crippen molar-refractivity contribution < 1.29 is 27.5 Å². The van der Waals surface area contributed by atoms with Gasteiger partial charge in [-0.2, -0.15) is 13.2 Å². The molecule has 0 spiro atoms. The zero-order chi connectivity index (χ0) is 17.7. The summed E-state index contributed by atoms with van der Waals surface area (Å²) in [5.74, 6) is -0.818. The lowest BCUT2D eigenvalue weighted by atomic mass is 9.95. The summed E-state index contributed by atoms with van der Waals surface area (Å²) in [6.07, 6.45) is -6.04. The van der Waals surface area contributed by atoms with E-state index in [0.717, 1.165) is 0 Å². The molecule has 24 heavy (non-hydrogen) atoms. The Labute approximate surface area is 137 Å². The molecule has 0 bridgehead atoms. The van der Waals surface area contributed by atoms with Gasteiger partial charge >= 0.3 is 6.18 Å². The maximum absolute atomic E-state index is 12.8. The fraction of sp³-hybridized carbons (Fsp3) is 0.562. The van der Waals surface area contributed by atoms with E-state index in [1.54, 1.807) is 4.90 Å². The number of aliphatic hydroxyl groups is 1. The van der Waals surface area contributed by atoms with Crippen molar-refractivity contribution in [3.05, 3.63) is 30.1 Å². The summed E-state index contributed by atoms with van der Waals surface area (Å²) in [5.41, 5.74) is 0.504. The number of carbonyl (C=O) groups excluding carboxylic acids is 1. The van der Waals surface area contributed by atoms with Gasteiger partial charge in [0.25, 0.3) is 0 Å². The molecule has 1 fully saturated rings. The molecule has 2 N–H and O–H groups in total. The molecule has 1 heterocycles. The van der Waals surface area contributed by atoms with Gasteiger partial charge in [0.05, 0.1) is 12.5 Å². The molecule has 1 aromatic carbocycles. The van der Waals surface area contributed by atoms with E-state index in [4.69, 9.17) is 0 Å². The second kappa shape index (κ2) is 7.94. The first kappa shape index (κ1) is 18.7. The van der Waals surface area contributed by atoms with Crippen LogP contribution in [0.4, 0.5) is 23.2 Å². The van der Waals surface area contributed by atoms with E-state index >= 15 is 0 Å². The summed E-state index contributed by atoms with van der Waals surface area (Å²) < 4.78 is 49.4. The number of β-amino-alcohol motifs (C(OH)–C–C–N with tert-alkyl or cyclic N) is 1. The third kappa shape index (κ3) is 6.09. The highest BCUT2D eigenvalue weighted by atomic mass is 19.4. The van der Waals surface area contributed by atoms with Crippen LogP contribution in [0.3, 0.4) is 0 Å². The van der Waals surface area contributed by atoms with Crippen molar-refractivity contribution in [1.82, 2.24) is 4.90 Å². The Morgan fingerprint density at radius 3 is 2.38 bits per heavy atom. The molecule has 4 nitrogen and oxygen atoms in total. The molecule has 1 amide bonds. The summed E-state index contributed by atoms with van der Waals surface area (Å²) in [5, 5.41) is 12.2. The van der Waals surface area contributed by atoms with Crippen molar-refractivity contribution in [3.8, 4) is 0 Å². The van der Waals surface area contributed by atoms with Crippen LogP contribution in [0.5, 0.6) is 0 Å². The molecule has 1 aromatic rings. The van der Waals surface area contributed by atoms with E-state index in [0.29, 0.717) is 31.6 Å². The summed E-state index contributed by atoms with van der Waals surface area (Å²) in [6.45, 7) is 0.860. The predicted octanol–water partition coefficient (Wildman–Crippen LogP) is 2.79. The van der Waals surface area contributed by atoms with Crippen molar-refractivity contribution in [2.75, 3.05) is 25.0 Å². The van der Waals surface area contributed by atoms with E-state index < -0.39 is 24.5 Å². The van der Waals surface area contributed by atoms with E-state index in [2.05, 4.69) is 5.32 Å². The van der Waals surface area contributed by atoms with Crippen LogP contribution in [-0.2, 0) is 4.79 Å². The molecular weight excluding hydrogens is 328 g/mol. The molecule has 2 rings (SSSR count). The molecule has 1 aliphatic heterocycles. The first-order valence-electron chi connectivity index (χ1n) is 7.76. The number of rotatable bonds is 5. The van der Waals surface area contributed by atoms with Crippen LogP contribution in [0.1, 0.15) is 19.3 Å². The Bertz CT molecular complexity index is 540. The van der Waals surface area contributed by atoms with Crippen molar-refractivity contribution in [2.45, 2.75) is 31.5 Å². The van der Waals surface area contributed by atoms with Crippen molar-refractivity contribution in [2.24, 2.45) is 5.92 Å². The Kier molecular flexibility index (Phi) is 6.17. The zero-order valence-corrected chi connectivity index (χ0v) is 13.0. The van der Waals surface area contributed by atoms with Crippen LogP contribution in [0.25, 0.3) is 0 Å². The van der Waals surface area contributed by atoms with Gasteiger partial charge < -0.3 is 15.3 Å². The Morgan fingerprint density at radius 2 is 1.83 bits per heavy atom. The topological polar surface area (TPSA) is 52.6 Å². The van der Waals surface area contributed by atoms with Crippen LogP contribution < -0.4 is 5.32 Å². The third-order valence-electron chi connectivity index (χ3n) is 4.01. The number of aliphatic hydroxyl groups excluding tert-OH is 1. The minimum atomic E-state index is -4.38. The van der Waals surface area contributed by atoms with E-state index in [-0.39, 0.29) is 18.4 Å². The molecule has 1 saturated heterocycles.